The van der Waals surface area contributed by atoms with Crippen molar-refractivity contribution in [1.29, 1.82) is 0 Å². The average molecular weight is 526 g/mol. The summed E-state index contributed by atoms with van der Waals surface area (Å²) in [5.41, 5.74) is 0.518. The fourth-order valence-electron chi connectivity index (χ4n) is 2.98. The molecule has 0 fully saturated rings. The van der Waals surface area contributed by atoms with Gasteiger partial charge in [-0.05, 0) is 58.9 Å². The van der Waals surface area contributed by atoms with Crippen LogP contribution in [0.4, 0.5) is 11.4 Å². The first kappa shape index (κ1) is 28.2. The molecule has 11 heteroatoms. The fourth-order valence-corrected chi connectivity index (χ4v) is 3.44. The maximum atomic E-state index is 13.1. The molecule has 190 valence electrons. The van der Waals surface area contributed by atoms with Crippen LogP contribution in [0.5, 0.6) is 23.0 Å². The lowest BCUT2D eigenvalue weighted by Gasteiger charge is -2.19. The molecule has 0 aliphatic carbocycles. The second kappa shape index (κ2) is 13.7. The number of nitrogens with zero attached hydrogens (tertiary/aromatic N) is 3. The van der Waals surface area contributed by atoms with Crippen LogP contribution >= 0.6 is 23.4 Å². The number of rotatable bonds is 13. The Bertz CT molecular complexity index is 1060. The summed E-state index contributed by atoms with van der Waals surface area (Å²) in [7, 11) is 0. The molecule has 0 saturated carbocycles. The van der Waals surface area contributed by atoms with Crippen LogP contribution in [-0.4, -0.2) is 44.2 Å². The van der Waals surface area contributed by atoms with E-state index in [1.165, 1.54) is 6.92 Å². The summed E-state index contributed by atoms with van der Waals surface area (Å²) in [6.45, 7) is 10.0. The highest BCUT2D eigenvalue weighted by molar-refractivity contribution is 6.39. The predicted octanol–water partition coefficient (Wildman–Crippen LogP) is 6.16. The molecule has 1 amide bonds. The smallest absolute Gasteiger partial charge is 0.276 e. The second-order valence-corrected chi connectivity index (χ2v) is 7.65. The highest BCUT2D eigenvalue weighted by Crippen LogP contribution is 2.42. The summed E-state index contributed by atoms with van der Waals surface area (Å²) < 4.78 is 23.0. The molecular weight excluding hydrogens is 497 g/mol. The number of carbonyl (C=O) groups is 2. The van der Waals surface area contributed by atoms with Gasteiger partial charge in [0.1, 0.15) is 16.5 Å². The van der Waals surface area contributed by atoms with E-state index >= 15 is 0 Å². The number of anilines is 1. The summed E-state index contributed by atoms with van der Waals surface area (Å²) >= 11 is 12.7. The van der Waals surface area contributed by atoms with Crippen LogP contribution < -0.4 is 23.4 Å². The Hall–Kier alpha value is -3.04. The van der Waals surface area contributed by atoms with Gasteiger partial charge in [-0.1, -0.05) is 11.6 Å². The maximum Gasteiger partial charge on any atom is 0.276 e. The molecule has 2 rings (SSSR count). The molecule has 1 unspecified atom stereocenters. The number of ketones is 1. The molecule has 9 nitrogen and oxygen atoms in total. The zero-order chi connectivity index (χ0) is 26.0. The van der Waals surface area contributed by atoms with Gasteiger partial charge < -0.3 is 18.9 Å². The van der Waals surface area contributed by atoms with Crippen molar-refractivity contribution in [3.05, 3.63) is 35.4 Å². The lowest BCUT2D eigenvalue weighted by atomic mass is 10.2. The number of halogens is 2. The van der Waals surface area contributed by atoms with Crippen LogP contribution in [0.25, 0.3) is 0 Å². The van der Waals surface area contributed by atoms with Crippen molar-refractivity contribution in [1.82, 2.24) is 0 Å². The quantitative estimate of drug-likeness (QED) is 0.176. The minimum absolute atomic E-state index is 0.215. The third-order valence-corrected chi connectivity index (χ3v) is 5.20. The summed E-state index contributed by atoms with van der Waals surface area (Å²) in [5, 5.41) is 8.26. The van der Waals surface area contributed by atoms with E-state index in [0.717, 1.165) is 4.42 Å². The van der Waals surface area contributed by atoms with Gasteiger partial charge in [-0.15, -0.1) is 0 Å². The Morgan fingerprint density at radius 1 is 0.886 bits per heavy atom. The molecule has 0 heterocycles. The van der Waals surface area contributed by atoms with Crippen molar-refractivity contribution in [2.24, 2.45) is 10.2 Å². The number of hydrogen-bond donors (Lipinski definition) is 0. The SMILES string of the molecule is CCOc1ccc(N(Cl)C(=O)C(N=Nc2ccc(OCC)c(Cl)c2OCC)C(C)=O)cc1OCC. The molecule has 0 aliphatic rings. The topological polar surface area (TPSA) is 99.0 Å². The van der Waals surface area contributed by atoms with E-state index in [1.807, 2.05) is 20.8 Å². The monoisotopic (exact) mass is 525 g/mol. The molecule has 0 spiro atoms. The molecule has 1 atom stereocenters. The minimum atomic E-state index is -1.49. The number of amides is 1. The first-order valence-electron chi connectivity index (χ1n) is 11.2. The first-order chi connectivity index (χ1) is 16.8. The van der Waals surface area contributed by atoms with E-state index in [9.17, 15) is 9.59 Å². The largest absolute Gasteiger partial charge is 0.492 e. The van der Waals surface area contributed by atoms with Gasteiger partial charge in [0.05, 0.1) is 32.1 Å². The van der Waals surface area contributed by atoms with Crippen LogP contribution in [0.2, 0.25) is 5.02 Å². The Kier molecular flexibility index (Phi) is 11.1. The molecule has 0 radical (unpaired) electrons. The zero-order valence-corrected chi connectivity index (χ0v) is 21.9. The van der Waals surface area contributed by atoms with E-state index in [-0.39, 0.29) is 22.1 Å². The molecule has 0 N–H and O–H groups in total. The van der Waals surface area contributed by atoms with E-state index in [0.29, 0.717) is 43.7 Å². The molecule has 2 aromatic rings. The number of azo groups is 1. The van der Waals surface area contributed by atoms with Crippen LogP contribution in [0.3, 0.4) is 0 Å². The number of benzene rings is 2. The van der Waals surface area contributed by atoms with Crippen LogP contribution in [0.15, 0.2) is 40.6 Å². The molecule has 0 aliphatic heterocycles. The Labute approximate surface area is 215 Å². The molecule has 35 heavy (non-hydrogen) atoms. The standard InChI is InChI=1S/C24H29Cl2N3O6/c1-6-32-18-12-10-16(14-20(18)34-8-3)29(26)24(31)22(15(5)30)28-27-17-11-13-19(33-7-2)21(25)23(17)35-9-4/h10-14,22H,6-9H2,1-5H3. The average Bonchev–Trinajstić information content (AvgIpc) is 2.83. The van der Waals surface area contributed by atoms with Crippen molar-refractivity contribution >= 4 is 46.4 Å². The second-order valence-electron chi connectivity index (χ2n) is 6.94. The molecule has 0 aromatic heterocycles. The van der Waals surface area contributed by atoms with Crippen LogP contribution in [0.1, 0.15) is 34.6 Å². The van der Waals surface area contributed by atoms with Gasteiger partial charge in [0.2, 0.25) is 6.04 Å². The Morgan fingerprint density at radius 2 is 1.46 bits per heavy atom. The Balaban J connectivity index is 2.36. The third-order valence-electron chi connectivity index (χ3n) is 4.48. The summed E-state index contributed by atoms with van der Waals surface area (Å²) in [6, 6.07) is 6.45. The molecule has 0 saturated heterocycles. The van der Waals surface area contributed by atoms with Gasteiger partial charge in [-0.2, -0.15) is 10.2 Å². The van der Waals surface area contributed by atoms with E-state index in [4.69, 9.17) is 42.3 Å². The van der Waals surface area contributed by atoms with Crippen molar-refractivity contribution in [2.75, 3.05) is 30.8 Å². The highest BCUT2D eigenvalue weighted by Gasteiger charge is 2.29. The lowest BCUT2D eigenvalue weighted by molar-refractivity contribution is -0.126. The molecular formula is C24H29Cl2N3O6. The normalized spacial score (nSPS) is 11.7. The third kappa shape index (κ3) is 7.22. The van der Waals surface area contributed by atoms with Crippen molar-refractivity contribution < 1.29 is 28.5 Å². The van der Waals surface area contributed by atoms with Gasteiger partial charge >= 0.3 is 0 Å². The highest BCUT2D eigenvalue weighted by atomic mass is 35.5. The van der Waals surface area contributed by atoms with Crippen LogP contribution in [0, 0.1) is 0 Å². The van der Waals surface area contributed by atoms with Crippen molar-refractivity contribution in [3.8, 4) is 23.0 Å². The number of hydrogen-bond acceptors (Lipinski definition) is 8. The van der Waals surface area contributed by atoms with E-state index in [2.05, 4.69) is 10.2 Å². The van der Waals surface area contributed by atoms with E-state index in [1.54, 1.807) is 37.3 Å². The summed E-state index contributed by atoms with van der Waals surface area (Å²) in [5.74, 6) is 0.239. The zero-order valence-electron chi connectivity index (χ0n) is 20.3. The van der Waals surface area contributed by atoms with E-state index < -0.39 is 17.7 Å². The van der Waals surface area contributed by atoms with Crippen LogP contribution in [-0.2, 0) is 9.59 Å². The van der Waals surface area contributed by atoms with Gasteiger partial charge in [0, 0.05) is 17.8 Å². The van der Waals surface area contributed by atoms with Gasteiger partial charge in [0.15, 0.2) is 23.0 Å². The Morgan fingerprint density at radius 3 is 2.06 bits per heavy atom. The van der Waals surface area contributed by atoms with Crippen molar-refractivity contribution in [3.63, 3.8) is 0 Å². The number of Topliss-reactive ketones (excluding diaryl/α,β-unsaturated/α-hetero) is 1. The van der Waals surface area contributed by atoms with Gasteiger partial charge in [-0.3, -0.25) is 9.59 Å². The predicted molar refractivity (Wildman–Crippen MR) is 135 cm³/mol. The maximum absolute atomic E-state index is 13.1. The number of ether oxygens (including phenoxy) is 4. The fraction of sp³-hybridized carbons (Fsp3) is 0.417. The summed E-state index contributed by atoms with van der Waals surface area (Å²) in [6.07, 6.45) is 0. The first-order valence-corrected chi connectivity index (χ1v) is 11.9. The molecule has 2 aromatic carbocycles. The minimum Gasteiger partial charge on any atom is -0.492 e. The molecule has 0 bridgehead atoms. The van der Waals surface area contributed by atoms with Gasteiger partial charge in [-0.25, -0.2) is 4.42 Å². The number of carbonyl (C=O) groups excluding carboxylic acids is 2. The van der Waals surface area contributed by atoms with Crippen molar-refractivity contribution in [2.45, 2.75) is 40.7 Å². The lowest BCUT2D eigenvalue weighted by Crippen LogP contribution is -2.36. The van der Waals surface area contributed by atoms with Gasteiger partial charge in [0.25, 0.3) is 5.91 Å². The summed E-state index contributed by atoms with van der Waals surface area (Å²) in [4.78, 5) is 25.4.